The van der Waals surface area contributed by atoms with E-state index in [4.69, 9.17) is 23.0 Å². The molecular formula is C28H53N2O8P. The van der Waals surface area contributed by atoms with Gasteiger partial charge in [0, 0.05) is 26.5 Å². The second-order valence-electron chi connectivity index (χ2n) is 10.00. The van der Waals surface area contributed by atoms with Crippen LogP contribution < -0.4 is 11.2 Å². The lowest BCUT2D eigenvalue weighted by Gasteiger charge is -2.30. The second-order valence-corrected chi connectivity index (χ2v) is 11.8. The molecule has 0 amide bonds. The molecule has 11 heteroatoms. The summed E-state index contributed by atoms with van der Waals surface area (Å²) in [6.45, 7) is 6.19. The molecule has 1 aromatic rings. The van der Waals surface area contributed by atoms with Crippen molar-refractivity contribution in [3.05, 3.63) is 33.1 Å². The van der Waals surface area contributed by atoms with E-state index in [0.717, 1.165) is 19.3 Å². The highest BCUT2D eigenvalue weighted by atomic mass is 31.2. The Morgan fingerprint density at radius 3 is 1.82 bits per heavy atom. The van der Waals surface area contributed by atoms with Crippen molar-refractivity contribution in [3.8, 4) is 0 Å². The minimum Gasteiger partial charge on any atom is -0.335 e. The van der Waals surface area contributed by atoms with Crippen LogP contribution in [-0.4, -0.2) is 42.6 Å². The van der Waals surface area contributed by atoms with Crippen molar-refractivity contribution in [3.63, 3.8) is 0 Å². The molecule has 0 radical (unpaired) electrons. The van der Waals surface area contributed by atoms with Crippen molar-refractivity contribution in [1.29, 1.82) is 0 Å². The lowest BCUT2D eigenvalue weighted by molar-refractivity contribution is -0.233. The molecule has 228 valence electrons. The Bertz CT molecular complexity index is 898. The fraction of sp³-hybridized carbons (Fsp3) is 0.857. The smallest absolute Gasteiger partial charge is 0.335 e. The molecule has 1 rings (SSSR count). The molecule has 1 aromatic heterocycles. The Kier molecular flexibility index (Phi) is 19.7. The zero-order chi connectivity index (χ0) is 28.9. The number of hydrogen-bond acceptors (Lipinski definition) is 8. The van der Waals surface area contributed by atoms with E-state index in [9.17, 15) is 14.2 Å². The van der Waals surface area contributed by atoms with Crippen molar-refractivity contribution >= 4 is 7.82 Å². The lowest BCUT2D eigenvalue weighted by Crippen LogP contribution is -2.38. The van der Waals surface area contributed by atoms with E-state index in [-0.39, 0.29) is 0 Å². The number of rotatable bonds is 25. The molecule has 39 heavy (non-hydrogen) atoms. The molecule has 0 saturated carbocycles. The van der Waals surface area contributed by atoms with Crippen LogP contribution in [0.1, 0.15) is 123 Å². The summed E-state index contributed by atoms with van der Waals surface area (Å²) < 4.78 is 40.9. The number of phosphoric ester groups is 1. The zero-order valence-corrected chi connectivity index (χ0v) is 25.8. The maximum absolute atomic E-state index is 12.4. The Hall–Kier alpha value is -1.29. The molecule has 0 aromatic carbocycles. The van der Waals surface area contributed by atoms with E-state index >= 15 is 0 Å². The van der Waals surface area contributed by atoms with Gasteiger partial charge in [0.05, 0.1) is 18.8 Å². The summed E-state index contributed by atoms with van der Waals surface area (Å²) in [4.78, 5) is 26.2. The molecular weight excluding hydrogens is 523 g/mol. The van der Waals surface area contributed by atoms with E-state index in [1.807, 2.05) is 6.92 Å². The van der Waals surface area contributed by atoms with Gasteiger partial charge in [-0.15, -0.1) is 0 Å². The highest BCUT2D eigenvalue weighted by molar-refractivity contribution is 7.48. The third-order valence-electron chi connectivity index (χ3n) is 6.80. The fourth-order valence-corrected chi connectivity index (χ4v) is 5.24. The first kappa shape index (κ1) is 35.7. The molecule has 0 fully saturated rings. The Labute approximate surface area is 234 Å². The van der Waals surface area contributed by atoms with Crippen LogP contribution in [-0.2, 0) is 27.6 Å². The number of ether oxygens (including phenoxy) is 2. The number of aromatic nitrogens is 2. The topological polar surface area (TPSA) is 118 Å². The third-order valence-corrected chi connectivity index (χ3v) is 8.28. The Morgan fingerprint density at radius 2 is 1.36 bits per heavy atom. The molecule has 2 unspecified atom stereocenters. The van der Waals surface area contributed by atoms with Gasteiger partial charge in [0.2, 0.25) is 6.41 Å². The van der Waals surface area contributed by atoms with Gasteiger partial charge in [-0.05, 0) is 19.8 Å². The van der Waals surface area contributed by atoms with Crippen LogP contribution >= 0.6 is 7.82 Å². The molecule has 1 N–H and O–H groups in total. The average Bonchev–Trinajstić information content (AvgIpc) is 2.92. The molecule has 0 aliphatic heterocycles. The number of nitrogens with zero attached hydrogens (tertiary/aromatic N) is 1. The first-order valence-corrected chi connectivity index (χ1v) is 16.2. The van der Waals surface area contributed by atoms with Gasteiger partial charge in [-0.3, -0.25) is 27.9 Å². The standard InChI is InChI=1S/C28H53N2O8P/c1-6-8-9-10-11-12-13-14-15-16-17-18-19-20-23-36-28(30-22-21-26(31)29-27(30)32)37-25(7-2)24(3)38-39(33,34-4)35-5/h21-22,24-25,28H,6-20,23H2,1-5H3,(H,29,31,32)/t24?,25?,28-/m0/s1. The minimum atomic E-state index is -3.73. The monoisotopic (exact) mass is 576 g/mol. The average molecular weight is 577 g/mol. The zero-order valence-electron chi connectivity index (χ0n) is 24.9. The summed E-state index contributed by atoms with van der Waals surface area (Å²) >= 11 is 0. The van der Waals surface area contributed by atoms with E-state index < -0.39 is 37.7 Å². The quantitative estimate of drug-likeness (QED) is 0.0744. The van der Waals surface area contributed by atoms with Crippen molar-refractivity contribution in [2.45, 2.75) is 136 Å². The van der Waals surface area contributed by atoms with Gasteiger partial charge < -0.3 is 9.47 Å². The first-order chi connectivity index (χ1) is 18.8. The number of nitrogens with one attached hydrogen (secondary N) is 1. The van der Waals surface area contributed by atoms with Crippen LogP contribution in [0.5, 0.6) is 0 Å². The highest BCUT2D eigenvalue weighted by Gasteiger charge is 2.32. The van der Waals surface area contributed by atoms with Crippen LogP contribution in [0.25, 0.3) is 0 Å². The van der Waals surface area contributed by atoms with Crippen LogP contribution in [0.2, 0.25) is 0 Å². The van der Waals surface area contributed by atoms with Gasteiger partial charge in [-0.25, -0.2) is 9.36 Å². The maximum atomic E-state index is 12.4. The molecule has 3 atom stereocenters. The lowest BCUT2D eigenvalue weighted by atomic mass is 10.0. The molecule has 0 bridgehead atoms. The number of phosphoric acid groups is 1. The minimum absolute atomic E-state index is 0.384. The highest BCUT2D eigenvalue weighted by Crippen LogP contribution is 2.49. The normalized spacial score (nSPS) is 14.4. The van der Waals surface area contributed by atoms with Gasteiger partial charge in [0.15, 0.2) is 0 Å². The van der Waals surface area contributed by atoms with E-state index in [1.165, 1.54) is 102 Å². The van der Waals surface area contributed by atoms with E-state index in [1.54, 1.807) is 6.92 Å². The van der Waals surface area contributed by atoms with Crippen LogP contribution in [0.15, 0.2) is 21.9 Å². The molecule has 10 nitrogen and oxygen atoms in total. The van der Waals surface area contributed by atoms with Crippen LogP contribution in [0.4, 0.5) is 0 Å². The first-order valence-electron chi connectivity index (χ1n) is 14.8. The molecule has 1 heterocycles. The summed E-state index contributed by atoms with van der Waals surface area (Å²) in [5.41, 5.74) is -1.15. The molecule has 0 aliphatic rings. The molecule has 0 aliphatic carbocycles. The summed E-state index contributed by atoms with van der Waals surface area (Å²) in [6.07, 6.45) is 17.1. The number of hydrogen-bond donors (Lipinski definition) is 1. The number of aromatic amines is 1. The third kappa shape index (κ3) is 15.3. The molecule has 0 saturated heterocycles. The molecule has 0 spiro atoms. The fourth-order valence-electron chi connectivity index (χ4n) is 4.38. The second kappa shape index (κ2) is 21.5. The van der Waals surface area contributed by atoms with Gasteiger partial charge in [-0.1, -0.05) is 97.3 Å². The largest absolute Gasteiger partial charge is 0.474 e. The van der Waals surface area contributed by atoms with E-state index in [0.29, 0.717) is 13.0 Å². The summed E-state index contributed by atoms with van der Waals surface area (Å²) in [5.74, 6) is 0. The van der Waals surface area contributed by atoms with Gasteiger partial charge in [0.25, 0.3) is 5.56 Å². The Balaban J connectivity index is 2.47. The van der Waals surface area contributed by atoms with Crippen molar-refractivity contribution in [2.24, 2.45) is 0 Å². The van der Waals surface area contributed by atoms with Gasteiger partial charge >= 0.3 is 13.5 Å². The summed E-state index contributed by atoms with van der Waals surface area (Å²) in [7, 11) is -1.25. The SMILES string of the molecule is CCCCCCCCCCCCCCCCO[C@@H](OC(CC)C(C)OP(=O)(OC)OC)n1ccc(=O)[nH]c1=O. The Morgan fingerprint density at radius 1 is 0.846 bits per heavy atom. The van der Waals surface area contributed by atoms with Crippen molar-refractivity contribution < 1.29 is 27.6 Å². The van der Waals surface area contributed by atoms with Gasteiger partial charge in [0.1, 0.15) is 0 Å². The van der Waals surface area contributed by atoms with Crippen molar-refractivity contribution in [2.75, 3.05) is 20.8 Å². The number of H-pyrrole nitrogens is 1. The van der Waals surface area contributed by atoms with E-state index in [2.05, 4.69) is 11.9 Å². The summed E-state index contributed by atoms with van der Waals surface area (Å²) in [5, 5.41) is 0. The van der Waals surface area contributed by atoms with Crippen molar-refractivity contribution in [1.82, 2.24) is 9.55 Å². The predicted molar refractivity (Wildman–Crippen MR) is 154 cm³/mol. The van der Waals surface area contributed by atoms with Gasteiger partial charge in [-0.2, -0.15) is 0 Å². The summed E-state index contributed by atoms with van der Waals surface area (Å²) in [6, 6.07) is 1.23. The maximum Gasteiger partial charge on any atom is 0.474 e. The predicted octanol–water partition coefficient (Wildman–Crippen LogP) is 7.09. The number of unbranched alkanes of at least 4 members (excludes halogenated alkanes) is 13. The van der Waals surface area contributed by atoms with Crippen LogP contribution in [0, 0.1) is 0 Å². The van der Waals surface area contributed by atoms with Crippen LogP contribution in [0.3, 0.4) is 0 Å².